The monoisotopic (exact) mass is 191 g/mol. The van der Waals surface area contributed by atoms with Gasteiger partial charge in [-0.25, -0.2) is 0 Å². The number of carbonyl (C=O) groups is 1. The number of oxazole rings is 1. The number of rotatable bonds is 3. The van der Waals surface area contributed by atoms with Crippen LogP contribution in [0.15, 0.2) is 22.6 Å². The van der Waals surface area contributed by atoms with Gasteiger partial charge in [-0.1, -0.05) is 6.07 Å². The number of para-hydroxylation sites is 1. The van der Waals surface area contributed by atoms with E-state index in [1.54, 1.807) is 18.2 Å². The number of benzene rings is 1. The topological polar surface area (TPSA) is 52.3 Å². The maximum atomic E-state index is 10.7. The highest BCUT2D eigenvalue weighted by atomic mass is 16.6. The van der Waals surface area contributed by atoms with Crippen molar-refractivity contribution in [3.05, 3.63) is 23.8 Å². The number of hydrogen-bond donors (Lipinski definition) is 0. The number of fused-ring (bicyclic) bond motifs is 1. The fourth-order valence-corrected chi connectivity index (χ4v) is 1.23. The van der Waals surface area contributed by atoms with Gasteiger partial charge in [0, 0.05) is 5.56 Å². The zero-order chi connectivity index (χ0) is 9.97. The molecule has 4 nitrogen and oxygen atoms in total. The molecule has 0 saturated heterocycles. The molecule has 0 amide bonds. The van der Waals surface area contributed by atoms with Gasteiger partial charge in [0.05, 0.1) is 6.61 Å². The Balaban J connectivity index is 2.58. The van der Waals surface area contributed by atoms with Crippen molar-refractivity contribution < 1.29 is 13.9 Å². The van der Waals surface area contributed by atoms with Gasteiger partial charge in [-0.15, -0.1) is 0 Å². The van der Waals surface area contributed by atoms with Crippen LogP contribution >= 0.6 is 0 Å². The van der Waals surface area contributed by atoms with Crippen LogP contribution in [0.4, 0.5) is 0 Å². The fourth-order valence-electron chi connectivity index (χ4n) is 1.23. The summed E-state index contributed by atoms with van der Waals surface area (Å²) >= 11 is 0. The molecular weight excluding hydrogens is 182 g/mol. The van der Waals surface area contributed by atoms with Gasteiger partial charge < -0.3 is 9.15 Å². The number of nitrogens with zero attached hydrogens (tertiary/aromatic N) is 1. The molecule has 1 aromatic carbocycles. The third kappa shape index (κ3) is 1.35. The third-order valence-corrected chi connectivity index (χ3v) is 1.83. The smallest absolute Gasteiger partial charge is 0.394 e. The lowest BCUT2D eigenvalue weighted by Gasteiger charge is -1.91. The molecule has 0 saturated carbocycles. The van der Waals surface area contributed by atoms with E-state index in [2.05, 4.69) is 4.98 Å². The third-order valence-electron chi connectivity index (χ3n) is 1.83. The first-order chi connectivity index (χ1) is 6.85. The fraction of sp³-hybridized carbons (Fsp3) is 0.200. The molecule has 1 aromatic heterocycles. The minimum atomic E-state index is 0.205. The normalized spacial score (nSPS) is 10.4. The Morgan fingerprint density at radius 3 is 3.14 bits per heavy atom. The van der Waals surface area contributed by atoms with Crippen molar-refractivity contribution in [2.75, 3.05) is 6.61 Å². The average Bonchev–Trinajstić information content (AvgIpc) is 2.60. The molecule has 0 radical (unpaired) electrons. The van der Waals surface area contributed by atoms with Crippen molar-refractivity contribution in [2.45, 2.75) is 6.92 Å². The zero-order valence-corrected chi connectivity index (χ0v) is 7.69. The van der Waals surface area contributed by atoms with Crippen LogP contribution < -0.4 is 4.74 Å². The molecule has 0 N–H and O–H groups in total. The molecule has 14 heavy (non-hydrogen) atoms. The van der Waals surface area contributed by atoms with E-state index < -0.39 is 0 Å². The Morgan fingerprint density at radius 1 is 1.57 bits per heavy atom. The van der Waals surface area contributed by atoms with Gasteiger partial charge in [0.1, 0.15) is 5.52 Å². The molecule has 2 aromatic rings. The first-order valence-electron chi connectivity index (χ1n) is 4.32. The average molecular weight is 191 g/mol. The lowest BCUT2D eigenvalue weighted by Crippen LogP contribution is -1.90. The van der Waals surface area contributed by atoms with Gasteiger partial charge in [-0.3, -0.25) is 4.79 Å². The summed E-state index contributed by atoms with van der Waals surface area (Å²) in [7, 11) is 0. The molecule has 72 valence electrons. The SMILES string of the molecule is CCOc1nc2c(C=O)cccc2o1. The second-order valence-corrected chi connectivity index (χ2v) is 2.72. The van der Waals surface area contributed by atoms with Crippen LogP contribution in [0.25, 0.3) is 11.1 Å². The van der Waals surface area contributed by atoms with Crippen molar-refractivity contribution in [3.8, 4) is 6.08 Å². The van der Waals surface area contributed by atoms with Gasteiger partial charge in [0.15, 0.2) is 11.9 Å². The summed E-state index contributed by atoms with van der Waals surface area (Å²) in [5.74, 6) is 0. The molecule has 0 aliphatic carbocycles. The van der Waals surface area contributed by atoms with E-state index in [1.165, 1.54) is 0 Å². The van der Waals surface area contributed by atoms with Gasteiger partial charge in [-0.2, -0.15) is 4.98 Å². The second-order valence-electron chi connectivity index (χ2n) is 2.72. The van der Waals surface area contributed by atoms with Gasteiger partial charge in [0.25, 0.3) is 0 Å². The quantitative estimate of drug-likeness (QED) is 0.696. The largest absolute Gasteiger partial charge is 0.450 e. The number of ether oxygens (including phenoxy) is 1. The highest BCUT2D eigenvalue weighted by molar-refractivity contribution is 5.93. The van der Waals surface area contributed by atoms with Crippen LogP contribution in [-0.2, 0) is 0 Å². The maximum absolute atomic E-state index is 10.7. The summed E-state index contributed by atoms with van der Waals surface area (Å²) in [5, 5.41) is 0. The van der Waals surface area contributed by atoms with Crippen molar-refractivity contribution in [1.29, 1.82) is 0 Å². The molecule has 1 heterocycles. The van der Waals surface area contributed by atoms with E-state index >= 15 is 0 Å². The Morgan fingerprint density at radius 2 is 2.43 bits per heavy atom. The number of aromatic nitrogens is 1. The van der Waals surface area contributed by atoms with E-state index in [9.17, 15) is 4.79 Å². The Kier molecular flexibility index (Phi) is 2.18. The molecule has 0 aliphatic rings. The van der Waals surface area contributed by atoms with E-state index in [0.717, 1.165) is 6.29 Å². The summed E-state index contributed by atoms with van der Waals surface area (Å²) in [6.45, 7) is 2.33. The van der Waals surface area contributed by atoms with Gasteiger partial charge >= 0.3 is 6.08 Å². The first-order valence-corrected chi connectivity index (χ1v) is 4.32. The van der Waals surface area contributed by atoms with Crippen LogP contribution in [0, 0.1) is 0 Å². The Bertz CT molecular complexity index is 461. The maximum Gasteiger partial charge on any atom is 0.394 e. The molecule has 0 unspecified atom stereocenters. The summed E-state index contributed by atoms with van der Waals surface area (Å²) < 4.78 is 10.4. The van der Waals surface area contributed by atoms with Crippen molar-refractivity contribution >= 4 is 17.4 Å². The lowest BCUT2D eigenvalue weighted by atomic mass is 10.2. The minimum Gasteiger partial charge on any atom is -0.450 e. The summed E-state index contributed by atoms with van der Waals surface area (Å²) in [6.07, 6.45) is 0.956. The van der Waals surface area contributed by atoms with E-state index in [0.29, 0.717) is 23.3 Å². The van der Waals surface area contributed by atoms with Crippen LogP contribution in [0.1, 0.15) is 17.3 Å². The van der Waals surface area contributed by atoms with Crippen molar-refractivity contribution in [3.63, 3.8) is 0 Å². The van der Waals surface area contributed by atoms with E-state index in [-0.39, 0.29) is 6.08 Å². The van der Waals surface area contributed by atoms with E-state index in [4.69, 9.17) is 9.15 Å². The molecule has 0 spiro atoms. The van der Waals surface area contributed by atoms with E-state index in [1.807, 2.05) is 6.92 Å². The lowest BCUT2D eigenvalue weighted by molar-refractivity contribution is 0.112. The number of aldehydes is 1. The predicted molar refractivity (Wildman–Crippen MR) is 50.6 cm³/mol. The number of hydrogen-bond acceptors (Lipinski definition) is 4. The molecule has 0 aliphatic heterocycles. The van der Waals surface area contributed by atoms with Crippen LogP contribution in [-0.4, -0.2) is 17.9 Å². The molecule has 0 fully saturated rings. The van der Waals surface area contributed by atoms with Crippen LogP contribution in [0.3, 0.4) is 0 Å². The molecule has 0 atom stereocenters. The number of carbonyl (C=O) groups excluding carboxylic acids is 1. The highest BCUT2D eigenvalue weighted by Gasteiger charge is 2.09. The molecule has 0 bridgehead atoms. The predicted octanol–water partition coefficient (Wildman–Crippen LogP) is 2.04. The minimum absolute atomic E-state index is 0.205. The first kappa shape index (κ1) is 8.74. The molecule has 4 heteroatoms. The summed E-state index contributed by atoms with van der Waals surface area (Å²) in [4.78, 5) is 14.7. The molecule has 2 rings (SSSR count). The summed E-state index contributed by atoms with van der Waals surface area (Å²) in [5.41, 5.74) is 1.63. The van der Waals surface area contributed by atoms with Gasteiger partial charge in [-0.05, 0) is 19.1 Å². The van der Waals surface area contributed by atoms with Crippen molar-refractivity contribution in [2.24, 2.45) is 0 Å². The summed E-state index contributed by atoms with van der Waals surface area (Å²) in [6, 6.07) is 5.18. The zero-order valence-electron chi connectivity index (χ0n) is 7.69. The van der Waals surface area contributed by atoms with Crippen LogP contribution in [0.5, 0.6) is 6.08 Å². The van der Waals surface area contributed by atoms with Crippen LogP contribution in [0.2, 0.25) is 0 Å². The van der Waals surface area contributed by atoms with Crippen molar-refractivity contribution in [1.82, 2.24) is 4.98 Å². The highest BCUT2D eigenvalue weighted by Crippen LogP contribution is 2.22. The second kappa shape index (κ2) is 3.49. The molecular formula is C10H9NO3. The van der Waals surface area contributed by atoms with Gasteiger partial charge in [0.2, 0.25) is 0 Å². The Labute approximate surface area is 80.5 Å². The standard InChI is InChI=1S/C10H9NO3/c1-2-13-10-11-9-7(6-12)4-3-5-8(9)14-10/h3-6H,2H2,1H3. The Hall–Kier alpha value is -1.84.